The first-order chi connectivity index (χ1) is 9.72. The van der Waals surface area contributed by atoms with Crippen LogP contribution in [0, 0.1) is 5.92 Å². The summed E-state index contributed by atoms with van der Waals surface area (Å²) in [4.78, 5) is 2.64. The van der Waals surface area contributed by atoms with Crippen LogP contribution in [0.1, 0.15) is 44.2 Å². The summed E-state index contributed by atoms with van der Waals surface area (Å²) in [5, 5.41) is 4.24. The highest BCUT2D eigenvalue weighted by Gasteiger charge is 2.24. The molecule has 0 aliphatic heterocycles. The Labute approximate surface area is 128 Å². The third-order valence-electron chi connectivity index (χ3n) is 4.11. The Hall–Kier alpha value is -0.570. The second-order valence-electron chi connectivity index (χ2n) is 5.93. The minimum absolute atomic E-state index is 0.422. The Morgan fingerprint density at radius 1 is 1.25 bits per heavy atom. The minimum atomic E-state index is 0.422. The lowest BCUT2D eigenvalue weighted by molar-refractivity contribution is 0.249. The normalized spacial score (nSPS) is 16.6. The largest absolute Gasteiger partial charge is 0.313 e. The van der Waals surface area contributed by atoms with E-state index in [0.29, 0.717) is 6.04 Å². The lowest BCUT2D eigenvalue weighted by atomic mass is 10.0. The van der Waals surface area contributed by atoms with Gasteiger partial charge in [0.15, 0.2) is 0 Å². The second kappa shape index (κ2) is 8.02. The third-order valence-corrected chi connectivity index (χ3v) is 4.36. The van der Waals surface area contributed by atoms with Crippen molar-refractivity contribution in [2.75, 3.05) is 26.7 Å². The molecule has 0 aromatic heterocycles. The van der Waals surface area contributed by atoms with Gasteiger partial charge >= 0.3 is 0 Å². The van der Waals surface area contributed by atoms with Crippen molar-refractivity contribution in [3.05, 3.63) is 34.9 Å². The van der Waals surface area contributed by atoms with Crippen LogP contribution in [0.2, 0.25) is 5.02 Å². The Kier molecular flexibility index (Phi) is 6.34. The zero-order valence-electron chi connectivity index (χ0n) is 12.7. The molecule has 112 valence electrons. The Bertz CT molecular complexity index is 386. The van der Waals surface area contributed by atoms with Crippen molar-refractivity contribution in [1.82, 2.24) is 10.2 Å². The van der Waals surface area contributed by atoms with Crippen LogP contribution in [-0.4, -0.2) is 31.6 Å². The molecule has 2 rings (SSSR count). The summed E-state index contributed by atoms with van der Waals surface area (Å²) in [5.74, 6) is 0.977. The Balaban J connectivity index is 1.86. The van der Waals surface area contributed by atoms with Crippen molar-refractivity contribution >= 4 is 11.6 Å². The van der Waals surface area contributed by atoms with Crippen LogP contribution < -0.4 is 5.32 Å². The Morgan fingerprint density at radius 3 is 2.50 bits per heavy atom. The molecule has 2 nitrogen and oxygen atoms in total. The van der Waals surface area contributed by atoms with Gasteiger partial charge in [-0.1, -0.05) is 30.7 Å². The highest BCUT2D eigenvalue weighted by atomic mass is 35.5. The minimum Gasteiger partial charge on any atom is -0.313 e. The fraction of sp³-hybridized carbons (Fsp3) is 0.647. The molecule has 1 N–H and O–H groups in total. The van der Waals surface area contributed by atoms with E-state index in [9.17, 15) is 0 Å². The number of nitrogens with zero attached hydrogens (tertiary/aromatic N) is 1. The van der Waals surface area contributed by atoms with Gasteiger partial charge in [-0.3, -0.25) is 0 Å². The van der Waals surface area contributed by atoms with Crippen LogP contribution in [0.5, 0.6) is 0 Å². The quantitative estimate of drug-likeness (QED) is 0.737. The van der Waals surface area contributed by atoms with Crippen molar-refractivity contribution in [2.45, 2.75) is 38.6 Å². The molecule has 3 heteroatoms. The zero-order chi connectivity index (χ0) is 14.4. The van der Waals surface area contributed by atoms with Gasteiger partial charge in [-0.05, 0) is 69.4 Å². The van der Waals surface area contributed by atoms with E-state index in [-0.39, 0.29) is 0 Å². The number of halogens is 1. The van der Waals surface area contributed by atoms with Crippen molar-refractivity contribution in [2.24, 2.45) is 5.92 Å². The average molecular weight is 295 g/mol. The first-order valence-corrected chi connectivity index (χ1v) is 8.25. The van der Waals surface area contributed by atoms with Crippen LogP contribution in [0.4, 0.5) is 0 Å². The highest BCUT2D eigenvalue weighted by Crippen LogP contribution is 2.30. The van der Waals surface area contributed by atoms with E-state index in [2.05, 4.69) is 29.3 Å². The molecule has 1 atom stereocenters. The molecule has 1 aliphatic carbocycles. The van der Waals surface area contributed by atoms with E-state index < -0.39 is 0 Å². The van der Waals surface area contributed by atoms with Crippen molar-refractivity contribution in [3.63, 3.8) is 0 Å². The highest BCUT2D eigenvalue weighted by molar-refractivity contribution is 6.30. The lowest BCUT2D eigenvalue weighted by Crippen LogP contribution is -2.31. The van der Waals surface area contributed by atoms with E-state index in [1.807, 2.05) is 19.2 Å². The maximum Gasteiger partial charge on any atom is 0.0406 e. The van der Waals surface area contributed by atoms with Gasteiger partial charge in [0.25, 0.3) is 0 Å². The summed E-state index contributed by atoms with van der Waals surface area (Å²) in [6.45, 7) is 5.98. The smallest absolute Gasteiger partial charge is 0.0406 e. The number of rotatable bonds is 9. The topological polar surface area (TPSA) is 15.3 Å². The zero-order valence-corrected chi connectivity index (χ0v) is 13.5. The monoisotopic (exact) mass is 294 g/mol. The summed E-state index contributed by atoms with van der Waals surface area (Å²) in [7, 11) is 2.05. The van der Waals surface area contributed by atoms with E-state index in [4.69, 9.17) is 11.6 Å². The first kappa shape index (κ1) is 15.8. The van der Waals surface area contributed by atoms with Gasteiger partial charge in [0.05, 0.1) is 0 Å². The molecule has 1 unspecified atom stereocenters. The first-order valence-electron chi connectivity index (χ1n) is 7.88. The van der Waals surface area contributed by atoms with Crippen molar-refractivity contribution in [3.8, 4) is 0 Å². The van der Waals surface area contributed by atoms with E-state index in [0.717, 1.165) is 17.4 Å². The molecule has 1 aliphatic rings. The van der Waals surface area contributed by atoms with Gasteiger partial charge in [-0.2, -0.15) is 0 Å². The van der Waals surface area contributed by atoms with Crippen molar-refractivity contribution in [1.29, 1.82) is 0 Å². The molecular formula is C17H27ClN2. The van der Waals surface area contributed by atoms with E-state index in [1.54, 1.807) is 0 Å². The SMILES string of the molecule is CCCN(CCC(NC)c1ccc(Cl)cc1)CC1CC1. The predicted molar refractivity (Wildman–Crippen MR) is 87.3 cm³/mol. The average Bonchev–Trinajstić information content (AvgIpc) is 3.25. The number of hydrogen-bond acceptors (Lipinski definition) is 2. The molecule has 1 aromatic rings. The maximum atomic E-state index is 5.96. The molecule has 1 aromatic carbocycles. The van der Waals surface area contributed by atoms with E-state index >= 15 is 0 Å². The Morgan fingerprint density at radius 2 is 1.95 bits per heavy atom. The van der Waals surface area contributed by atoms with Gasteiger partial charge in [0.2, 0.25) is 0 Å². The summed E-state index contributed by atoms with van der Waals surface area (Å²) < 4.78 is 0. The van der Waals surface area contributed by atoms with E-state index in [1.165, 1.54) is 44.5 Å². The number of hydrogen-bond donors (Lipinski definition) is 1. The van der Waals surface area contributed by atoms with Crippen LogP contribution in [0.15, 0.2) is 24.3 Å². The maximum absolute atomic E-state index is 5.96. The molecule has 1 fully saturated rings. The summed E-state index contributed by atoms with van der Waals surface area (Å²) in [6, 6.07) is 8.65. The fourth-order valence-electron chi connectivity index (χ4n) is 2.76. The van der Waals surface area contributed by atoms with Gasteiger partial charge in [-0.15, -0.1) is 0 Å². The molecule has 0 saturated heterocycles. The van der Waals surface area contributed by atoms with Gasteiger partial charge in [0, 0.05) is 17.6 Å². The summed E-state index contributed by atoms with van der Waals surface area (Å²) in [5.41, 5.74) is 1.33. The van der Waals surface area contributed by atoms with Gasteiger partial charge < -0.3 is 10.2 Å². The molecule has 0 radical (unpaired) electrons. The second-order valence-corrected chi connectivity index (χ2v) is 6.36. The van der Waals surface area contributed by atoms with Gasteiger partial charge in [0.1, 0.15) is 0 Å². The molecule has 0 spiro atoms. The van der Waals surface area contributed by atoms with Gasteiger partial charge in [-0.25, -0.2) is 0 Å². The number of nitrogens with one attached hydrogen (secondary N) is 1. The molecule has 1 saturated carbocycles. The third kappa shape index (κ3) is 5.08. The predicted octanol–water partition coefficient (Wildman–Crippen LogP) is 4.11. The van der Waals surface area contributed by atoms with Crippen LogP contribution in [-0.2, 0) is 0 Å². The molecular weight excluding hydrogens is 268 g/mol. The van der Waals surface area contributed by atoms with Crippen LogP contribution in [0.3, 0.4) is 0 Å². The van der Waals surface area contributed by atoms with Crippen LogP contribution >= 0.6 is 11.6 Å². The standard InChI is InChI=1S/C17H27ClN2/c1-3-11-20(13-14-4-5-14)12-10-17(19-2)15-6-8-16(18)9-7-15/h6-9,14,17,19H,3-5,10-13H2,1-2H3. The summed E-state index contributed by atoms with van der Waals surface area (Å²) in [6.07, 6.45) is 5.28. The van der Waals surface area contributed by atoms with Crippen molar-refractivity contribution < 1.29 is 0 Å². The lowest BCUT2D eigenvalue weighted by Gasteiger charge is -2.25. The summed E-state index contributed by atoms with van der Waals surface area (Å²) >= 11 is 5.96. The number of benzene rings is 1. The molecule has 0 amide bonds. The molecule has 0 heterocycles. The van der Waals surface area contributed by atoms with Crippen LogP contribution in [0.25, 0.3) is 0 Å². The fourth-order valence-corrected chi connectivity index (χ4v) is 2.89. The molecule has 0 bridgehead atoms. The molecule has 20 heavy (non-hydrogen) atoms.